The third kappa shape index (κ3) is 1.82. The minimum absolute atomic E-state index is 0.489. The third-order valence-electron chi connectivity index (χ3n) is 2.74. The van der Waals surface area contributed by atoms with Crippen LogP contribution in [0.2, 0.25) is 10.0 Å². The van der Waals surface area contributed by atoms with Gasteiger partial charge in [-0.1, -0.05) is 35.3 Å². The molecule has 0 saturated heterocycles. The summed E-state index contributed by atoms with van der Waals surface area (Å²) >= 11 is 11.9. The molecule has 0 radical (unpaired) electrons. The number of hydrogen-bond donors (Lipinski definition) is 2. The van der Waals surface area contributed by atoms with Crippen molar-refractivity contribution < 1.29 is 0 Å². The van der Waals surface area contributed by atoms with Gasteiger partial charge in [0.2, 0.25) is 0 Å². The van der Waals surface area contributed by atoms with E-state index in [1.54, 1.807) is 12.1 Å². The molecule has 1 aromatic heterocycles. The molecule has 0 fully saturated rings. The van der Waals surface area contributed by atoms with Crippen LogP contribution >= 0.6 is 23.2 Å². The minimum Gasteiger partial charge on any atom is -0.398 e. The average Bonchev–Trinajstić information content (AvgIpc) is 2.73. The molecule has 90 valence electrons. The maximum atomic E-state index is 5.97. The van der Waals surface area contributed by atoms with Gasteiger partial charge in [0.25, 0.3) is 0 Å². The number of hydrogen-bond acceptors (Lipinski definition) is 2. The van der Waals surface area contributed by atoms with Crippen LogP contribution in [0.5, 0.6) is 0 Å². The zero-order chi connectivity index (χ0) is 12.7. The molecule has 3 rings (SSSR count). The first-order chi connectivity index (χ1) is 8.65. The van der Waals surface area contributed by atoms with Crippen LogP contribution in [0.4, 0.5) is 5.69 Å². The van der Waals surface area contributed by atoms with Crippen LogP contribution in [0.15, 0.2) is 36.4 Å². The number of nitrogens with two attached hydrogens (primary N) is 1. The molecule has 1 heterocycles. The van der Waals surface area contributed by atoms with Crippen LogP contribution < -0.4 is 5.73 Å². The number of imidazole rings is 1. The number of para-hydroxylation sites is 1. The summed E-state index contributed by atoms with van der Waals surface area (Å²) < 4.78 is 0. The summed E-state index contributed by atoms with van der Waals surface area (Å²) in [6, 6.07) is 11.0. The average molecular weight is 278 g/mol. The second-order valence-corrected chi connectivity index (χ2v) is 4.77. The first-order valence-electron chi connectivity index (χ1n) is 5.35. The molecule has 0 bridgehead atoms. The van der Waals surface area contributed by atoms with Crippen molar-refractivity contribution in [1.82, 2.24) is 9.97 Å². The molecule has 0 aliphatic rings. The van der Waals surface area contributed by atoms with Gasteiger partial charge in [-0.3, -0.25) is 0 Å². The van der Waals surface area contributed by atoms with Crippen molar-refractivity contribution >= 4 is 39.9 Å². The molecule has 3 aromatic rings. The molecule has 3 N–H and O–H groups in total. The highest BCUT2D eigenvalue weighted by Crippen LogP contribution is 2.30. The highest BCUT2D eigenvalue weighted by molar-refractivity contribution is 6.42. The number of benzene rings is 2. The fourth-order valence-electron chi connectivity index (χ4n) is 1.85. The van der Waals surface area contributed by atoms with Gasteiger partial charge in [-0.15, -0.1) is 0 Å². The lowest BCUT2D eigenvalue weighted by Gasteiger charge is -2.00. The Morgan fingerprint density at radius 2 is 1.78 bits per heavy atom. The summed E-state index contributed by atoms with van der Waals surface area (Å²) in [6.07, 6.45) is 0. The Kier molecular flexibility index (Phi) is 2.65. The first-order valence-corrected chi connectivity index (χ1v) is 6.10. The van der Waals surface area contributed by atoms with Crippen LogP contribution in [0.1, 0.15) is 0 Å². The van der Waals surface area contributed by atoms with E-state index in [0.717, 1.165) is 16.6 Å². The van der Waals surface area contributed by atoms with Gasteiger partial charge >= 0.3 is 0 Å². The van der Waals surface area contributed by atoms with Crippen molar-refractivity contribution in [1.29, 1.82) is 0 Å². The molecule has 3 nitrogen and oxygen atoms in total. The largest absolute Gasteiger partial charge is 0.398 e. The highest BCUT2D eigenvalue weighted by atomic mass is 35.5. The lowest BCUT2D eigenvalue weighted by atomic mass is 10.2. The van der Waals surface area contributed by atoms with Crippen LogP contribution in [0.25, 0.3) is 22.4 Å². The van der Waals surface area contributed by atoms with Gasteiger partial charge in [0.1, 0.15) is 5.82 Å². The second kappa shape index (κ2) is 4.19. The van der Waals surface area contributed by atoms with Crippen molar-refractivity contribution in [2.75, 3.05) is 5.73 Å². The number of nitrogens with zero attached hydrogens (tertiary/aromatic N) is 1. The summed E-state index contributed by atoms with van der Waals surface area (Å²) in [7, 11) is 0. The number of nitrogens with one attached hydrogen (secondary N) is 1. The van der Waals surface area contributed by atoms with Crippen LogP contribution in [-0.2, 0) is 0 Å². The predicted octanol–water partition coefficient (Wildman–Crippen LogP) is 4.12. The molecule has 0 unspecified atom stereocenters. The van der Waals surface area contributed by atoms with Gasteiger partial charge < -0.3 is 10.7 Å². The van der Waals surface area contributed by atoms with Gasteiger partial charge in [-0.2, -0.15) is 0 Å². The van der Waals surface area contributed by atoms with Crippen molar-refractivity contribution in [2.45, 2.75) is 0 Å². The van der Waals surface area contributed by atoms with E-state index in [9.17, 15) is 0 Å². The van der Waals surface area contributed by atoms with Gasteiger partial charge in [-0.25, -0.2) is 4.98 Å². The number of aromatic amines is 1. The standard InChI is InChI=1S/C13H9Cl2N3/c14-8-5-11-12(6-9(8)15)18-13(17-11)7-3-1-2-4-10(7)16/h1-6H,16H2,(H,17,18). The Hall–Kier alpha value is -1.71. The minimum atomic E-state index is 0.489. The summed E-state index contributed by atoms with van der Waals surface area (Å²) in [5.74, 6) is 0.710. The molecular formula is C13H9Cl2N3. The summed E-state index contributed by atoms with van der Waals surface area (Å²) in [5.41, 5.74) is 9.06. The van der Waals surface area contributed by atoms with Crippen molar-refractivity contribution in [3.63, 3.8) is 0 Å². The molecule has 0 saturated carbocycles. The number of H-pyrrole nitrogens is 1. The van der Waals surface area contributed by atoms with Crippen molar-refractivity contribution in [3.8, 4) is 11.4 Å². The smallest absolute Gasteiger partial charge is 0.140 e. The highest BCUT2D eigenvalue weighted by Gasteiger charge is 2.09. The molecular weight excluding hydrogens is 269 g/mol. The Bertz CT molecular complexity index is 695. The Morgan fingerprint density at radius 1 is 1.06 bits per heavy atom. The van der Waals surface area contributed by atoms with E-state index in [0.29, 0.717) is 21.6 Å². The Balaban J connectivity index is 2.23. The van der Waals surface area contributed by atoms with Crippen molar-refractivity contribution in [3.05, 3.63) is 46.4 Å². The van der Waals surface area contributed by atoms with Crippen LogP contribution in [0.3, 0.4) is 0 Å². The zero-order valence-electron chi connectivity index (χ0n) is 9.24. The van der Waals surface area contributed by atoms with E-state index >= 15 is 0 Å². The third-order valence-corrected chi connectivity index (χ3v) is 3.46. The molecule has 0 amide bonds. The summed E-state index contributed by atoms with van der Waals surface area (Å²) in [4.78, 5) is 7.65. The lowest BCUT2D eigenvalue weighted by molar-refractivity contribution is 1.34. The molecule has 0 spiro atoms. The summed E-state index contributed by atoms with van der Waals surface area (Å²) in [5, 5.41) is 0.989. The number of halogens is 2. The quantitative estimate of drug-likeness (QED) is 0.658. The SMILES string of the molecule is Nc1ccccc1-c1nc2cc(Cl)c(Cl)cc2[nH]1. The van der Waals surface area contributed by atoms with E-state index < -0.39 is 0 Å². The monoisotopic (exact) mass is 277 g/mol. The maximum absolute atomic E-state index is 5.97. The predicted molar refractivity (Wildman–Crippen MR) is 76.0 cm³/mol. The molecule has 0 atom stereocenters. The maximum Gasteiger partial charge on any atom is 0.140 e. The number of aromatic nitrogens is 2. The molecule has 5 heteroatoms. The molecule has 2 aromatic carbocycles. The van der Waals surface area contributed by atoms with E-state index in [4.69, 9.17) is 28.9 Å². The second-order valence-electron chi connectivity index (χ2n) is 3.96. The topological polar surface area (TPSA) is 54.7 Å². The Morgan fingerprint density at radius 3 is 2.56 bits per heavy atom. The van der Waals surface area contributed by atoms with E-state index in [1.807, 2.05) is 24.3 Å². The first kappa shape index (κ1) is 11.4. The molecule has 0 aliphatic carbocycles. The Labute approximate surface area is 114 Å². The molecule has 18 heavy (non-hydrogen) atoms. The van der Waals surface area contributed by atoms with E-state index in [2.05, 4.69) is 9.97 Å². The number of rotatable bonds is 1. The zero-order valence-corrected chi connectivity index (χ0v) is 10.8. The molecule has 0 aliphatic heterocycles. The normalized spacial score (nSPS) is 11.0. The fourth-order valence-corrected chi connectivity index (χ4v) is 2.17. The van der Waals surface area contributed by atoms with Crippen LogP contribution in [-0.4, -0.2) is 9.97 Å². The fraction of sp³-hybridized carbons (Fsp3) is 0. The van der Waals surface area contributed by atoms with E-state index in [-0.39, 0.29) is 0 Å². The van der Waals surface area contributed by atoms with Crippen LogP contribution in [0, 0.1) is 0 Å². The van der Waals surface area contributed by atoms with Gasteiger partial charge in [0.15, 0.2) is 0 Å². The summed E-state index contributed by atoms with van der Waals surface area (Å²) in [6.45, 7) is 0. The number of fused-ring (bicyclic) bond motifs is 1. The number of anilines is 1. The van der Waals surface area contributed by atoms with Crippen molar-refractivity contribution in [2.24, 2.45) is 0 Å². The van der Waals surface area contributed by atoms with E-state index in [1.165, 1.54) is 0 Å². The van der Waals surface area contributed by atoms with Gasteiger partial charge in [0.05, 0.1) is 21.1 Å². The van der Waals surface area contributed by atoms with Gasteiger partial charge in [0, 0.05) is 11.3 Å². The van der Waals surface area contributed by atoms with Gasteiger partial charge in [-0.05, 0) is 24.3 Å². The number of nitrogen functional groups attached to an aromatic ring is 1. The lowest BCUT2D eigenvalue weighted by Crippen LogP contribution is -1.90.